The Morgan fingerprint density at radius 3 is 2.50 bits per heavy atom. The molecule has 0 fully saturated rings. The summed E-state index contributed by atoms with van der Waals surface area (Å²) >= 11 is 0. The van der Waals surface area contributed by atoms with Crippen molar-refractivity contribution in [3.63, 3.8) is 0 Å². The second kappa shape index (κ2) is 5.36. The number of anilines is 1. The summed E-state index contributed by atoms with van der Waals surface area (Å²) in [6, 6.07) is 2.97. The molecule has 1 rings (SSSR count). The maximum Gasteiger partial charge on any atom is 0.259 e. The Morgan fingerprint density at radius 1 is 1.39 bits per heavy atom. The number of nitrogen functional groups attached to an aromatic ring is 1. The van der Waals surface area contributed by atoms with Crippen LogP contribution in [0.4, 0.5) is 5.88 Å². The van der Waals surface area contributed by atoms with Crippen molar-refractivity contribution >= 4 is 23.8 Å². The summed E-state index contributed by atoms with van der Waals surface area (Å²) in [5, 5.41) is 8.56. The zero-order valence-electron chi connectivity index (χ0n) is 9.21. The van der Waals surface area contributed by atoms with Crippen LogP contribution >= 0.6 is 0 Å². The summed E-state index contributed by atoms with van der Waals surface area (Å²) in [6.07, 6.45) is 3.99. The van der Waals surface area contributed by atoms with Crippen molar-refractivity contribution < 1.29 is 14.0 Å². The molecule has 0 aromatic carbocycles. The SMILES string of the molecule is N#C/C(=C\C=C\c1cc(C(N)=O)c(N)o1)C(N)=O. The van der Waals surface area contributed by atoms with Gasteiger partial charge in [-0.15, -0.1) is 0 Å². The number of primary amides is 2. The van der Waals surface area contributed by atoms with Crippen LogP contribution in [0.3, 0.4) is 0 Å². The van der Waals surface area contributed by atoms with Crippen LogP contribution in [-0.2, 0) is 4.79 Å². The van der Waals surface area contributed by atoms with Crippen molar-refractivity contribution in [2.45, 2.75) is 0 Å². The molecular formula is C11H10N4O3. The fraction of sp³-hybridized carbons (Fsp3) is 0. The van der Waals surface area contributed by atoms with E-state index in [0.29, 0.717) is 0 Å². The van der Waals surface area contributed by atoms with Gasteiger partial charge in [-0.2, -0.15) is 5.26 Å². The highest BCUT2D eigenvalue weighted by Crippen LogP contribution is 2.18. The zero-order chi connectivity index (χ0) is 13.7. The van der Waals surface area contributed by atoms with Crippen LogP contribution in [0, 0.1) is 11.3 Å². The monoisotopic (exact) mass is 246 g/mol. The molecule has 0 saturated heterocycles. The van der Waals surface area contributed by atoms with Crippen molar-refractivity contribution in [2.24, 2.45) is 11.5 Å². The highest BCUT2D eigenvalue weighted by Gasteiger charge is 2.11. The lowest BCUT2D eigenvalue weighted by atomic mass is 10.2. The summed E-state index contributed by atoms with van der Waals surface area (Å²) in [6.45, 7) is 0. The van der Waals surface area contributed by atoms with E-state index in [1.165, 1.54) is 24.3 Å². The average molecular weight is 246 g/mol. The lowest BCUT2D eigenvalue weighted by Gasteiger charge is -1.87. The van der Waals surface area contributed by atoms with E-state index in [2.05, 4.69) is 0 Å². The average Bonchev–Trinajstić information content (AvgIpc) is 2.65. The summed E-state index contributed by atoms with van der Waals surface area (Å²) in [5.41, 5.74) is 15.2. The molecule has 92 valence electrons. The van der Waals surface area contributed by atoms with Gasteiger partial charge in [0.2, 0.25) is 5.88 Å². The zero-order valence-corrected chi connectivity index (χ0v) is 9.21. The van der Waals surface area contributed by atoms with E-state index in [4.69, 9.17) is 26.9 Å². The second-order valence-corrected chi connectivity index (χ2v) is 3.21. The quantitative estimate of drug-likeness (QED) is 0.385. The summed E-state index contributed by atoms with van der Waals surface area (Å²) in [5.74, 6) is -1.37. The molecule has 7 nitrogen and oxygen atoms in total. The lowest BCUT2D eigenvalue weighted by molar-refractivity contribution is -0.114. The molecule has 18 heavy (non-hydrogen) atoms. The largest absolute Gasteiger partial charge is 0.441 e. The molecule has 1 heterocycles. The van der Waals surface area contributed by atoms with E-state index in [-0.39, 0.29) is 22.8 Å². The summed E-state index contributed by atoms with van der Waals surface area (Å²) in [7, 11) is 0. The van der Waals surface area contributed by atoms with E-state index in [1.54, 1.807) is 6.07 Å². The molecule has 1 aromatic heterocycles. The third-order valence-corrected chi connectivity index (χ3v) is 1.95. The fourth-order valence-corrected chi connectivity index (χ4v) is 1.11. The van der Waals surface area contributed by atoms with Crippen LogP contribution in [0.5, 0.6) is 0 Å². The third-order valence-electron chi connectivity index (χ3n) is 1.95. The molecule has 0 radical (unpaired) electrons. The number of rotatable bonds is 4. The van der Waals surface area contributed by atoms with Gasteiger partial charge in [-0.05, 0) is 18.2 Å². The Kier molecular flexibility index (Phi) is 3.89. The number of hydrogen-bond acceptors (Lipinski definition) is 5. The van der Waals surface area contributed by atoms with E-state index in [0.717, 1.165) is 0 Å². The predicted octanol–water partition coefficient (Wildman–Crippen LogP) is -0.0908. The minimum atomic E-state index is -0.834. The Morgan fingerprint density at radius 2 is 2.06 bits per heavy atom. The van der Waals surface area contributed by atoms with Crippen LogP contribution in [0.25, 0.3) is 6.08 Å². The number of carbonyl (C=O) groups excluding carboxylic acids is 2. The number of nitriles is 1. The van der Waals surface area contributed by atoms with Gasteiger partial charge >= 0.3 is 0 Å². The molecule has 1 aromatic rings. The normalized spacial score (nSPS) is 11.4. The number of allylic oxidation sites excluding steroid dienone is 2. The van der Waals surface area contributed by atoms with Crippen LogP contribution in [0.1, 0.15) is 16.1 Å². The Labute approximate surface area is 102 Å². The molecule has 7 heteroatoms. The molecule has 0 aliphatic rings. The first kappa shape index (κ1) is 13.1. The van der Waals surface area contributed by atoms with E-state index >= 15 is 0 Å². The molecule has 0 spiro atoms. The van der Waals surface area contributed by atoms with Crippen LogP contribution in [0.15, 0.2) is 28.2 Å². The van der Waals surface area contributed by atoms with Crippen molar-refractivity contribution in [3.8, 4) is 6.07 Å². The maximum atomic E-state index is 10.9. The van der Waals surface area contributed by atoms with Crippen LogP contribution < -0.4 is 17.2 Å². The molecule has 2 amide bonds. The maximum absolute atomic E-state index is 10.9. The number of hydrogen-bond donors (Lipinski definition) is 3. The number of carbonyl (C=O) groups is 2. The first-order valence-electron chi connectivity index (χ1n) is 4.73. The van der Waals surface area contributed by atoms with Crippen molar-refractivity contribution in [2.75, 3.05) is 5.73 Å². The van der Waals surface area contributed by atoms with Gasteiger partial charge in [0.05, 0.1) is 0 Å². The fourth-order valence-electron chi connectivity index (χ4n) is 1.11. The van der Waals surface area contributed by atoms with Gasteiger partial charge < -0.3 is 21.6 Å². The number of nitrogens with two attached hydrogens (primary N) is 3. The first-order chi connectivity index (χ1) is 8.45. The van der Waals surface area contributed by atoms with E-state index < -0.39 is 11.8 Å². The first-order valence-corrected chi connectivity index (χ1v) is 4.73. The standard InChI is InChI=1S/C11H10N4O3/c12-5-6(9(13)16)2-1-3-7-4-8(10(14)17)11(15)18-7/h1-4H,15H2,(H2,13,16)(H2,14,17)/b3-1+,6-2+. The smallest absolute Gasteiger partial charge is 0.259 e. The van der Waals surface area contributed by atoms with E-state index in [9.17, 15) is 9.59 Å². The van der Waals surface area contributed by atoms with Gasteiger partial charge in [0.1, 0.15) is 23.0 Å². The lowest BCUT2D eigenvalue weighted by Crippen LogP contribution is -2.12. The number of nitrogens with zero attached hydrogens (tertiary/aromatic N) is 1. The highest BCUT2D eigenvalue weighted by atomic mass is 16.4. The predicted molar refractivity (Wildman–Crippen MR) is 63.6 cm³/mol. The van der Waals surface area contributed by atoms with E-state index in [1.807, 2.05) is 0 Å². The third kappa shape index (κ3) is 2.99. The molecule has 0 saturated carbocycles. The molecular weight excluding hydrogens is 236 g/mol. The highest BCUT2D eigenvalue weighted by molar-refractivity contribution is 5.97. The van der Waals surface area contributed by atoms with Crippen molar-refractivity contribution in [1.82, 2.24) is 0 Å². The van der Waals surface area contributed by atoms with Crippen molar-refractivity contribution in [1.29, 1.82) is 5.26 Å². The minimum absolute atomic E-state index is 0.0639. The summed E-state index contributed by atoms with van der Waals surface area (Å²) < 4.78 is 5.01. The van der Waals surface area contributed by atoms with Gasteiger partial charge in [0.15, 0.2) is 0 Å². The van der Waals surface area contributed by atoms with Gasteiger partial charge in [-0.1, -0.05) is 6.08 Å². The van der Waals surface area contributed by atoms with Gasteiger partial charge in [0, 0.05) is 0 Å². The van der Waals surface area contributed by atoms with Crippen LogP contribution in [-0.4, -0.2) is 11.8 Å². The molecule has 0 atom stereocenters. The molecule has 6 N–H and O–H groups in total. The topological polar surface area (TPSA) is 149 Å². The number of amides is 2. The Bertz CT molecular complexity index is 590. The van der Waals surface area contributed by atoms with Gasteiger partial charge in [-0.3, -0.25) is 9.59 Å². The van der Waals surface area contributed by atoms with Crippen LogP contribution in [0.2, 0.25) is 0 Å². The van der Waals surface area contributed by atoms with Crippen molar-refractivity contribution in [3.05, 3.63) is 35.1 Å². The Balaban J connectivity index is 2.93. The minimum Gasteiger partial charge on any atom is -0.441 e. The Hall–Kier alpha value is -3.01. The number of furan rings is 1. The molecule has 0 aliphatic carbocycles. The second-order valence-electron chi connectivity index (χ2n) is 3.21. The van der Waals surface area contributed by atoms with Gasteiger partial charge in [0.25, 0.3) is 11.8 Å². The molecule has 0 unspecified atom stereocenters. The molecule has 0 aliphatic heterocycles. The summed E-state index contributed by atoms with van der Waals surface area (Å²) in [4.78, 5) is 21.6. The van der Waals surface area contributed by atoms with Gasteiger partial charge in [-0.25, -0.2) is 0 Å². The molecule has 0 bridgehead atoms.